The number of carbonyl (C=O) groups is 1. The summed E-state index contributed by atoms with van der Waals surface area (Å²) < 4.78 is 5.74. The fraction of sp³-hybridized carbons (Fsp3) is 0.438. The minimum absolute atomic E-state index is 0.0836. The molecule has 0 saturated carbocycles. The van der Waals surface area contributed by atoms with Gasteiger partial charge < -0.3 is 15.8 Å². The monoisotopic (exact) mass is 287 g/mol. The van der Waals surface area contributed by atoms with Crippen molar-refractivity contribution in [1.29, 1.82) is 0 Å². The smallest absolute Gasteiger partial charge is 0.237 e. The highest BCUT2D eigenvalue weighted by Crippen LogP contribution is 2.13. The summed E-state index contributed by atoms with van der Waals surface area (Å²) in [7, 11) is 0. The van der Waals surface area contributed by atoms with Crippen LogP contribution in [0.15, 0.2) is 24.3 Å². The molecule has 0 bridgehead atoms. The topological polar surface area (TPSA) is 67.6 Å². The van der Waals surface area contributed by atoms with Crippen molar-refractivity contribution in [1.82, 2.24) is 10.2 Å². The number of rotatable bonds is 4. The van der Waals surface area contributed by atoms with E-state index < -0.39 is 0 Å². The number of nitrogens with two attached hydrogens (primary N) is 1. The van der Waals surface area contributed by atoms with Crippen molar-refractivity contribution in [3.05, 3.63) is 29.8 Å². The van der Waals surface area contributed by atoms with Gasteiger partial charge in [-0.15, -0.1) is 0 Å². The first-order valence-electron chi connectivity index (χ1n) is 7.14. The van der Waals surface area contributed by atoms with E-state index in [9.17, 15) is 4.79 Å². The summed E-state index contributed by atoms with van der Waals surface area (Å²) in [5.74, 6) is 6.67. The van der Waals surface area contributed by atoms with E-state index in [2.05, 4.69) is 22.1 Å². The molecule has 2 rings (SSSR count). The molecule has 1 unspecified atom stereocenters. The molecule has 1 heterocycles. The number of benzene rings is 1. The Morgan fingerprint density at radius 1 is 1.52 bits per heavy atom. The van der Waals surface area contributed by atoms with Crippen LogP contribution >= 0.6 is 0 Å². The van der Waals surface area contributed by atoms with Crippen molar-refractivity contribution in [3.8, 4) is 17.6 Å². The van der Waals surface area contributed by atoms with Gasteiger partial charge in [0.1, 0.15) is 12.4 Å². The molecule has 0 aromatic heterocycles. The number of hydrogen-bond acceptors (Lipinski definition) is 4. The van der Waals surface area contributed by atoms with Gasteiger partial charge in [0.25, 0.3) is 0 Å². The molecular formula is C16H21N3O2. The highest BCUT2D eigenvalue weighted by Gasteiger charge is 2.24. The van der Waals surface area contributed by atoms with Crippen LogP contribution in [-0.4, -0.2) is 49.6 Å². The zero-order valence-corrected chi connectivity index (χ0v) is 12.3. The number of nitrogens with zero attached hydrogens (tertiary/aromatic N) is 1. The average Bonchev–Trinajstić information content (AvgIpc) is 2.50. The zero-order valence-electron chi connectivity index (χ0n) is 12.3. The van der Waals surface area contributed by atoms with Crippen LogP contribution in [-0.2, 0) is 4.79 Å². The fourth-order valence-corrected chi connectivity index (χ4v) is 2.23. The highest BCUT2D eigenvalue weighted by atomic mass is 16.5. The van der Waals surface area contributed by atoms with Gasteiger partial charge in [-0.25, -0.2) is 0 Å². The van der Waals surface area contributed by atoms with E-state index in [1.54, 1.807) is 0 Å². The van der Waals surface area contributed by atoms with Crippen LogP contribution in [0.1, 0.15) is 12.5 Å². The second-order valence-corrected chi connectivity index (χ2v) is 4.89. The Bertz CT molecular complexity index is 548. The molecule has 112 valence electrons. The van der Waals surface area contributed by atoms with Crippen LogP contribution in [0.4, 0.5) is 0 Å². The Labute approximate surface area is 125 Å². The second kappa shape index (κ2) is 7.67. The summed E-state index contributed by atoms with van der Waals surface area (Å²) in [4.78, 5) is 13.7. The molecule has 5 nitrogen and oxygen atoms in total. The number of carbonyl (C=O) groups excluding carboxylic acids is 1. The number of piperazine rings is 1. The molecule has 1 fully saturated rings. The third-order valence-corrected chi connectivity index (χ3v) is 3.44. The summed E-state index contributed by atoms with van der Waals surface area (Å²) >= 11 is 0. The molecule has 0 aliphatic carbocycles. The molecule has 1 atom stereocenters. The fourth-order valence-electron chi connectivity index (χ4n) is 2.23. The largest absolute Gasteiger partial charge is 0.492 e. The molecule has 1 aliphatic heterocycles. The van der Waals surface area contributed by atoms with E-state index in [1.807, 2.05) is 31.2 Å². The van der Waals surface area contributed by atoms with Gasteiger partial charge in [0, 0.05) is 25.2 Å². The molecular weight excluding hydrogens is 266 g/mol. The van der Waals surface area contributed by atoms with Crippen LogP contribution in [0.25, 0.3) is 0 Å². The number of ether oxygens (including phenoxy) is 1. The first-order valence-corrected chi connectivity index (χ1v) is 7.14. The van der Waals surface area contributed by atoms with Crippen LogP contribution in [0.3, 0.4) is 0 Å². The third kappa shape index (κ3) is 4.48. The Kier molecular flexibility index (Phi) is 5.61. The van der Waals surface area contributed by atoms with E-state index in [1.165, 1.54) is 0 Å². The number of nitrogens with one attached hydrogen (secondary N) is 1. The summed E-state index contributed by atoms with van der Waals surface area (Å²) in [6.07, 6.45) is 0. The highest BCUT2D eigenvalue weighted by molar-refractivity contribution is 5.81. The van der Waals surface area contributed by atoms with Gasteiger partial charge in [0.2, 0.25) is 5.91 Å². The minimum Gasteiger partial charge on any atom is -0.492 e. The van der Waals surface area contributed by atoms with Crippen molar-refractivity contribution >= 4 is 5.91 Å². The quantitative estimate of drug-likeness (QED) is 0.776. The molecule has 1 aliphatic rings. The molecule has 0 spiro atoms. The van der Waals surface area contributed by atoms with Crippen LogP contribution in [0.5, 0.6) is 5.75 Å². The molecule has 1 saturated heterocycles. The average molecular weight is 287 g/mol. The third-order valence-electron chi connectivity index (χ3n) is 3.44. The maximum Gasteiger partial charge on any atom is 0.237 e. The van der Waals surface area contributed by atoms with E-state index in [-0.39, 0.29) is 11.9 Å². The van der Waals surface area contributed by atoms with Gasteiger partial charge in [-0.05, 0) is 25.1 Å². The Morgan fingerprint density at radius 3 is 3.19 bits per heavy atom. The first kappa shape index (κ1) is 15.4. The Morgan fingerprint density at radius 2 is 2.38 bits per heavy atom. The van der Waals surface area contributed by atoms with Gasteiger partial charge >= 0.3 is 0 Å². The summed E-state index contributed by atoms with van der Waals surface area (Å²) in [5.41, 5.74) is 6.25. The van der Waals surface area contributed by atoms with Gasteiger partial charge in [-0.2, -0.15) is 0 Å². The van der Waals surface area contributed by atoms with Crippen molar-refractivity contribution in [2.24, 2.45) is 5.73 Å². The molecule has 1 amide bonds. The van der Waals surface area contributed by atoms with E-state index >= 15 is 0 Å². The Balaban J connectivity index is 1.84. The zero-order chi connectivity index (χ0) is 15.1. The van der Waals surface area contributed by atoms with Gasteiger partial charge in [-0.1, -0.05) is 17.9 Å². The molecule has 1 aromatic rings. The number of amides is 1. The van der Waals surface area contributed by atoms with Crippen molar-refractivity contribution in [2.45, 2.75) is 13.0 Å². The molecule has 5 heteroatoms. The summed E-state index contributed by atoms with van der Waals surface area (Å²) in [5, 5.41) is 2.85. The number of hydrogen-bond donors (Lipinski definition) is 2. The lowest BCUT2D eigenvalue weighted by Gasteiger charge is -2.32. The van der Waals surface area contributed by atoms with Crippen LogP contribution in [0, 0.1) is 11.8 Å². The van der Waals surface area contributed by atoms with Gasteiger partial charge in [-0.3, -0.25) is 9.69 Å². The summed E-state index contributed by atoms with van der Waals surface area (Å²) in [6, 6.07) is 7.54. The molecule has 21 heavy (non-hydrogen) atoms. The van der Waals surface area contributed by atoms with Crippen molar-refractivity contribution in [2.75, 3.05) is 32.8 Å². The SMILES string of the molecule is CC1C(=O)NCCN1CCOc1cccc(C#CCN)c1. The lowest BCUT2D eigenvalue weighted by Crippen LogP contribution is -2.54. The second-order valence-electron chi connectivity index (χ2n) is 4.89. The predicted molar refractivity (Wildman–Crippen MR) is 81.9 cm³/mol. The van der Waals surface area contributed by atoms with Crippen LogP contribution in [0.2, 0.25) is 0 Å². The molecule has 0 radical (unpaired) electrons. The standard InChI is InChI=1S/C16H21N3O2/c1-13-16(20)18-8-9-19(13)10-11-21-15-6-2-4-14(12-15)5-3-7-17/h2,4,6,12-13H,7-11,17H2,1H3,(H,18,20). The minimum atomic E-state index is -0.0934. The Hall–Kier alpha value is -2.03. The lowest BCUT2D eigenvalue weighted by molar-refractivity contribution is -0.128. The van der Waals surface area contributed by atoms with E-state index in [0.29, 0.717) is 19.7 Å². The lowest BCUT2D eigenvalue weighted by atomic mass is 10.2. The summed E-state index contributed by atoms with van der Waals surface area (Å²) in [6.45, 7) is 5.10. The first-order chi connectivity index (χ1) is 10.2. The van der Waals surface area contributed by atoms with E-state index in [0.717, 1.165) is 24.4 Å². The van der Waals surface area contributed by atoms with Gasteiger partial charge in [0.05, 0.1) is 12.6 Å². The van der Waals surface area contributed by atoms with Crippen molar-refractivity contribution in [3.63, 3.8) is 0 Å². The van der Waals surface area contributed by atoms with Crippen LogP contribution < -0.4 is 15.8 Å². The van der Waals surface area contributed by atoms with Gasteiger partial charge in [0.15, 0.2) is 0 Å². The maximum atomic E-state index is 11.6. The normalized spacial score (nSPS) is 18.6. The molecule has 3 N–H and O–H groups in total. The van der Waals surface area contributed by atoms with E-state index in [4.69, 9.17) is 10.5 Å². The predicted octanol–water partition coefficient (Wildman–Crippen LogP) is 0.196. The van der Waals surface area contributed by atoms with Crippen molar-refractivity contribution < 1.29 is 9.53 Å². The maximum absolute atomic E-state index is 11.6. The molecule has 1 aromatic carbocycles.